The fraction of sp³-hybridized carbons (Fsp3) is 0.385. The van der Waals surface area contributed by atoms with Crippen LogP contribution in [0.5, 0.6) is 5.75 Å². The first-order valence-corrected chi connectivity index (χ1v) is 15.4. The first kappa shape index (κ1) is 21.7. The van der Waals surface area contributed by atoms with Crippen molar-refractivity contribution in [2.45, 2.75) is 58.4 Å². The molecule has 1 aliphatic carbocycles. The molecule has 0 radical (unpaired) electrons. The van der Waals surface area contributed by atoms with Gasteiger partial charge in [0.1, 0.15) is 20.4 Å². The molecule has 0 N–H and O–H groups in total. The quantitative estimate of drug-likeness (QED) is 0.347. The molecule has 0 spiro atoms. The molecule has 0 bridgehead atoms. The van der Waals surface area contributed by atoms with Crippen molar-refractivity contribution in [2.24, 2.45) is 0 Å². The first-order valence-electron chi connectivity index (χ1n) is 10.7. The number of para-hydroxylation sites is 1. The highest BCUT2D eigenvalue weighted by Gasteiger charge is 2.44. The van der Waals surface area contributed by atoms with E-state index < -0.39 is 8.07 Å². The van der Waals surface area contributed by atoms with Crippen LogP contribution in [-0.2, 0) is 5.41 Å². The van der Waals surface area contributed by atoms with Gasteiger partial charge in [-0.25, -0.2) is 0 Å². The molecule has 1 aliphatic heterocycles. The average molecular weight is 453 g/mol. The molecule has 1 aromatic heterocycles. The number of benzene rings is 1. The van der Waals surface area contributed by atoms with Crippen molar-refractivity contribution in [1.29, 1.82) is 0 Å². The number of hydrogen-bond donors (Lipinski definition) is 0. The van der Waals surface area contributed by atoms with Crippen LogP contribution in [0.3, 0.4) is 0 Å². The molecule has 158 valence electrons. The summed E-state index contributed by atoms with van der Waals surface area (Å²) in [7, 11) is -2.04. The third-order valence-electron chi connectivity index (χ3n) is 6.02. The van der Waals surface area contributed by atoms with Gasteiger partial charge in [-0.1, -0.05) is 70.8 Å². The third kappa shape index (κ3) is 3.47. The summed E-state index contributed by atoms with van der Waals surface area (Å²) >= 11 is 4.00. The van der Waals surface area contributed by atoms with Crippen LogP contribution >= 0.6 is 23.1 Å². The highest BCUT2D eigenvalue weighted by Crippen LogP contribution is 2.57. The van der Waals surface area contributed by atoms with Gasteiger partial charge in [-0.05, 0) is 46.8 Å². The summed E-state index contributed by atoms with van der Waals surface area (Å²) in [6, 6.07) is 9.17. The Bertz CT molecular complexity index is 1080. The SMILES string of the molecule is C=CCOc1c(C(C)(C)C)cccc1[Si](C)(C)C1=C2SC(C)C=C2c2cc(C)sc21. The largest absolute Gasteiger partial charge is 0.489 e. The van der Waals surface area contributed by atoms with Gasteiger partial charge >= 0.3 is 0 Å². The number of thiophene rings is 1. The Labute approximate surface area is 191 Å². The number of ether oxygens (including phenoxy) is 1. The normalized spacial score (nSPS) is 18.4. The van der Waals surface area contributed by atoms with Crippen LogP contribution in [0.4, 0.5) is 0 Å². The van der Waals surface area contributed by atoms with Crippen molar-refractivity contribution in [1.82, 2.24) is 0 Å². The highest BCUT2D eigenvalue weighted by atomic mass is 32.2. The van der Waals surface area contributed by atoms with E-state index >= 15 is 0 Å². The molecule has 1 atom stereocenters. The van der Waals surface area contributed by atoms with Crippen molar-refractivity contribution >= 4 is 47.1 Å². The fourth-order valence-electron chi connectivity index (χ4n) is 4.62. The van der Waals surface area contributed by atoms with Gasteiger partial charge < -0.3 is 4.74 Å². The average Bonchev–Trinajstić information content (AvgIpc) is 3.27. The lowest BCUT2D eigenvalue weighted by Crippen LogP contribution is -2.44. The van der Waals surface area contributed by atoms with Crippen LogP contribution < -0.4 is 9.92 Å². The van der Waals surface area contributed by atoms with Gasteiger partial charge in [-0.2, -0.15) is 0 Å². The second-order valence-corrected chi connectivity index (χ2v) is 16.8. The van der Waals surface area contributed by atoms with E-state index in [2.05, 4.69) is 84.6 Å². The second kappa shape index (κ2) is 7.58. The molecule has 0 saturated heterocycles. The van der Waals surface area contributed by atoms with E-state index in [1.807, 2.05) is 29.2 Å². The fourth-order valence-corrected chi connectivity index (χ4v) is 11.6. The van der Waals surface area contributed by atoms with Crippen LogP contribution in [0.15, 0.2) is 47.9 Å². The maximum Gasteiger partial charge on any atom is 0.123 e. The molecule has 30 heavy (non-hydrogen) atoms. The summed E-state index contributed by atoms with van der Waals surface area (Å²) < 4.78 is 6.39. The third-order valence-corrected chi connectivity index (χ3v) is 12.1. The molecule has 0 saturated carbocycles. The zero-order valence-corrected chi connectivity index (χ0v) is 21.8. The standard InChI is InChI=1S/C26H32OS2Si/c1-9-13-27-22-20(26(4,5)6)11-10-12-21(22)30(7,8)25-23-18(14-16(2)28-23)19-15-17(3)29-24(19)25/h9-12,14-16H,1,13H2,2-8H3. The van der Waals surface area contributed by atoms with E-state index in [4.69, 9.17) is 4.74 Å². The summed E-state index contributed by atoms with van der Waals surface area (Å²) in [5, 5.41) is 3.55. The molecule has 0 fully saturated rings. The van der Waals surface area contributed by atoms with E-state index in [1.54, 1.807) is 5.20 Å². The van der Waals surface area contributed by atoms with Crippen LogP contribution in [0.25, 0.3) is 10.8 Å². The Balaban J connectivity index is 1.95. The van der Waals surface area contributed by atoms with Crippen LogP contribution in [0, 0.1) is 6.92 Å². The van der Waals surface area contributed by atoms with Crippen molar-refractivity contribution in [3.05, 3.63) is 68.8 Å². The molecular weight excluding hydrogens is 421 g/mol. The lowest BCUT2D eigenvalue weighted by molar-refractivity contribution is 0.354. The van der Waals surface area contributed by atoms with E-state index in [-0.39, 0.29) is 5.41 Å². The molecule has 1 nitrogen and oxygen atoms in total. The number of hydrogen-bond acceptors (Lipinski definition) is 3. The minimum Gasteiger partial charge on any atom is -0.489 e. The number of fused-ring (bicyclic) bond motifs is 3. The summed E-state index contributed by atoms with van der Waals surface area (Å²) in [5.74, 6) is 1.08. The first-order chi connectivity index (χ1) is 14.1. The zero-order chi connectivity index (χ0) is 21.8. The maximum atomic E-state index is 6.39. The summed E-state index contributed by atoms with van der Waals surface area (Å²) in [4.78, 5) is 4.43. The van der Waals surface area contributed by atoms with Crippen LogP contribution in [-0.4, -0.2) is 19.9 Å². The van der Waals surface area contributed by atoms with Gasteiger partial charge in [0.2, 0.25) is 0 Å². The molecule has 4 rings (SSSR count). The van der Waals surface area contributed by atoms with Crippen LogP contribution in [0.1, 0.15) is 48.6 Å². The minimum absolute atomic E-state index is 0.0246. The van der Waals surface area contributed by atoms with Crippen molar-refractivity contribution in [3.63, 3.8) is 0 Å². The number of thioether (sulfide) groups is 1. The zero-order valence-electron chi connectivity index (χ0n) is 19.2. The topological polar surface area (TPSA) is 9.23 Å². The Morgan fingerprint density at radius 3 is 2.63 bits per heavy atom. The minimum atomic E-state index is -2.04. The van der Waals surface area contributed by atoms with Crippen molar-refractivity contribution < 1.29 is 4.74 Å². The van der Waals surface area contributed by atoms with Gasteiger partial charge in [0.25, 0.3) is 0 Å². The van der Waals surface area contributed by atoms with Crippen molar-refractivity contribution in [2.75, 3.05) is 6.61 Å². The van der Waals surface area contributed by atoms with E-state index in [1.165, 1.54) is 36.5 Å². The van der Waals surface area contributed by atoms with Gasteiger partial charge in [0.05, 0.1) is 0 Å². The van der Waals surface area contributed by atoms with E-state index in [9.17, 15) is 0 Å². The second-order valence-electron chi connectivity index (χ2n) is 9.86. The van der Waals surface area contributed by atoms with Crippen LogP contribution in [0.2, 0.25) is 13.1 Å². The summed E-state index contributed by atoms with van der Waals surface area (Å²) in [5.41, 5.74) is 4.25. The Morgan fingerprint density at radius 2 is 1.97 bits per heavy atom. The van der Waals surface area contributed by atoms with E-state index in [0.29, 0.717) is 11.9 Å². The molecule has 2 aromatic rings. The van der Waals surface area contributed by atoms with E-state index in [0.717, 1.165) is 5.75 Å². The molecule has 2 heterocycles. The van der Waals surface area contributed by atoms with Gasteiger partial charge in [0, 0.05) is 25.5 Å². The number of allylic oxidation sites excluding steroid dienone is 1. The Morgan fingerprint density at radius 1 is 1.23 bits per heavy atom. The summed E-state index contributed by atoms with van der Waals surface area (Å²) in [6.07, 6.45) is 4.31. The monoisotopic (exact) mass is 452 g/mol. The Hall–Kier alpha value is -1.49. The lowest BCUT2D eigenvalue weighted by atomic mass is 9.86. The molecular formula is C26H32OS2Si. The van der Waals surface area contributed by atoms with Crippen molar-refractivity contribution in [3.8, 4) is 5.75 Å². The van der Waals surface area contributed by atoms with Gasteiger partial charge in [0.15, 0.2) is 0 Å². The maximum absolute atomic E-state index is 6.39. The highest BCUT2D eigenvalue weighted by molar-refractivity contribution is 8.05. The number of rotatable bonds is 5. The number of aryl methyl sites for hydroxylation is 1. The molecule has 0 amide bonds. The Kier molecular flexibility index (Phi) is 5.49. The molecule has 1 unspecified atom stereocenters. The molecule has 4 heteroatoms. The summed E-state index contributed by atoms with van der Waals surface area (Å²) in [6.45, 7) is 20.8. The lowest BCUT2D eigenvalue weighted by Gasteiger charge is -2.32. The predicted molar refractivity (Wildman–Crippen MR) is 139 cm³/mol. The van der Waals surface area contributed by atoms with Gasteiger partial charge in [-0.3, -0.25) is 0 Å². The van der Waals surface area contributed by atoms with Gasteiger partial charge in [-0.15, -0.1) is 23.1 Å². The molecule has 1 aromatic carbocycles. The smallest absolute Gasteiger partial charge is 0.123 e. The predicted octanol–water partition coefficient (Wildman–Crippen LogP) is 7.32. The molecule has 2 aliphatic rings.